The van der Waals surface area contributed by atoms with Crippen molar-refractivity contribution in [3.63, 3.8) is 0 Å². The fourth-order valence-electron chi connectivity index (χ4n) is 2.45. The molecule has 0 aliphatic heterocycles. The molecule has 4 N–H and O–H groups in total. The van der Waals surface area contributed by atoms with E-state index >= 15 is 0 Å². The largest absolute Gasteiger partial charge is 0.350 e. The van der Waals surface area contributed by atoms with Crippen molar-refractivity contribution in [1.29, 1.82) is 0 Å². The van der Waals surface area contributed by atoms with Crippen LogP contribution in [0.2, 0.25) is 0 Å². The van der Waals surface area contributed by atoms with Crippen LogP contribution < -0.4 is 16.4 Å². The number of rotatable bonds is 6. The molecular formula is C19H21N3O2. The van der Waals surface area contributed by atoms with E-state index in [1.54, 1.807) is 24.3 Å². The highest BCUT2D eigenvalue weighted by atomic mass is 16.2. The van der Waals surface area contributed by atoms with Gasteiger partial charge in [0.15, 0.2) is 0 Å². The minimum Gasteiger partial charge on any atom is -0.350 e. The van der Waals surface area contributed by atoms with Crippen molar-refractivity contribution in [3.05, 3.63) is 65.7 Å². The Morgan fingerprint density at radius 3 is 2.54 bits per heavy atom. The van der Waals surface area contributed by atoms with E-state index in [0.29, 0.717) is 17.8 Å². The maximum Gasteiger partial charge on any atom is 0.251 e. The molecule has 5 nitrogen and oxygen atoms in total. The van der Waals surface area contributed by atoms with Crippen LogP contribution >= 0.6 is 0 Å². The Morgan fingerprint density at radius 2 is 1.83 bits per heavy atom. The molecule has 1 aliphatic carbocycles. The predicted molar refractivity (Wildman–Crippen MR) is 93.5 cm³/mol. The maximum absolute atomic E-state index is 12.3. The second kappa shape index (κ2) is 7.27. The van der Waals surface area contributed by atoms with Crippen molar-refractivity contribution in [2.75, 3.05) is 11.9 Å². The number of hydrogen-bond acceptors (Lipinski definition) is 3. The molecule has 0 spiro atoms. The third kappa shape index (κ3) is 4.20. The number of nitrogens with one attached hydrogen (secondary N) is 2. The van der Waals surface area contributed by atoms with Crippen LogP contribution in [0.5, 0.6) is 0 Å². The normalized spacial score (nSPS) is 14.7. The van der Waals surface area contributed by atoms with Gasteiger partial charge in [-0.2, -0.15) is 0 Å². The lowest BCUT2D eigenvalue weighted by molar-refractivity contribution is -0.117. The Labute approximate surface area is 141 Å². The highest BCUT2D eigenvalue weighted by Gasteiger charge is 2.29. The van der Waals surface area contributed by atoms with Crippen molar-refractivity contribution < 1.29 is 9.59 Å². The average molecular weight is 323 g/mol. The first-order chi connectivity index (χ1) is 11.6. The van der Waals surface area contributed by atoms with Crippen LogP contribution in [0.4, 0.5) is 5.69 Å². The fourth-order valence-corrected chi connectivity index (χ4v) is 2.45. The van der Waals surface area contributed by atoms with Gasteiger partial charge < -0.3 is 16.4 Å². The number of anilines is 1. The Hall–Kier alpha value is -2.66. The van der Waals surface area contributed by atoms with Crippen LogP contribution in [-0.2, 0) is 4.79 Å². The quantitative estimate of drug-likeness (QED) is 0.763. The Bertz CT molecular complexity index is 726. The van der Waals surface area contributed by atoms with E-state index in [4.69, 9.17) is 5.73 Å². The number of benzene rings is 2. The summed E-state index contributed by atoms with van der Waals surface area (Å²) in [4.78, 5) is 24.1. The molecule has 1 fully saturated rings. The minimum absolute atomic E-state index is 0.0265. The molecule has 0 bridgehead atoms. The van der Waals surface area contributed by atoms with Gasteiger partial charge in [0, 0.05) is 29.8 Å². The molecular weight excluding hydrogens is 302 g/mol. The molecule has 1 saturated carbocycles. The predicted octanol–water partition coefficient (Wildman–Crippen LogP) is 2.46. The summed E-state index contributed by atoms with van der Waals surface area (Å²) in [6.45, 7) is 0.349. The topological polar surface area (TPSA) is 84.2 Å². The summed E-state index contributed by atoms with van der Waals surface area (Å²) in [7, 11) is 0. The molecule has 2 aromatic carbocycles. The number of amides is 2. The summed E-state index contributed by atoms with van der Waals surface area (Å²) < 4.78 is 0. The average Bonchev–Trinajstić information content (AvgIpc) is 3.45. The molecule has 0 saturated heterocycles. The third-order valence-corrected chi connectivity index (χ3v) is 4.05. The van der Waals surface area contributed by atoms with Crippen molar-refractivity contribution in [1.82, 2.24) is 5.32 Å². The molecule has 1 unspecified atom stereocenters. The zero-order valence-corrected chi connectivity index (χ0v) is 13.4. The van der Waals surface area contributed by atoms with Crippen LogP contribution in [0.3, 0.4) is 0 Å². The van der Waals surface area contributed by atoms with Crippen molar-refractivity contribution in [2.24, 2.45) is 11.7 Å². The molecule has 1 aliphatic rings. The maximum atomic E-state index is 12.3. The van der Waals surface area contributed by atoms with Crippen LogP contribution in [0.1, 0.15) is 34.8 Å². The Morgan fingerprint density at radius 1 is 1.08 bits per heavy atom. The Kier molecular flexibility index (Phi) is 4.91. The lowest BCUT2D eigenvalue weighted by atomic mass is 10.1. The number of carbonyl (C=O) groups excluding carboxylic acids is 2. The second-order valence-corrected chi connectivity index (χ2v) is 6.07. The summed E-state index contributed by atoms with van der Waals surface area (Å²) in [6, 6.07) is 16.3. The molecule has 0 heterocycles. The van der Waals surface area contributed by atoms with E-state index in [1.807, 2.05) is 30.3 Å². The number of nitrogens with two attached hydrogens (primary N) is 1. The van der Waals surface area contributed by atoms with E-state index < -0.39 is 0 Å². The summed E-state index contributed by atoms with van der Waals surface area (Å²) in [6.07, 6.45) is 1.90. The molecule has 1 atom stereocenters. The van der Waals surface area contributed by atoms with Crippen LogP contribution in [0, 0.1) is 5.92 Å². The van der Waals surface area contributed by atoms with E-state index in [9.17, 15) is 9.59 Å². The number of carbonyl (C=O) groups is 2. The van der Waals surface area contributed by atoms with Gasteiger partial charge >= 0.3 is 0 Å². The van der Waals surface area contributed by atoms with E-state index in [-0.39, 0.29) is 23.8 Å². The standard InChI is InChI=1S/C19H21N3O2/c20-17(13-5-2-1-3-6-13)12-21-18(23)15-7-4-8-16(11-15)22-19(24)14-9-10-14/h1-8,11,14,17H,9-10,12,20H2,(H,21,23)(H,22,24). The summed E-state index contributed by atoms with van der Waals surface area (Å²) >= 11 is 0. The smallest absolute Gasteiger partial charge is 0.251 e. The highest BCUT2D eigenvalue weighted by molar-refractivity contribution is 5.98. The minimum atomic E-state index is -0.257. The molecule has 2 aromatic rings. The summed E-state index contributed by atoms with van der Waals surface area (Å²) in [5, 5.41) is 5.68. The molecule has 3 rings (SSSR count). The van der Waals surface area contributed by atoms with Gasteiger partial charge in [-0.25, -0.2) is 0 Å². The first kappa shape index (κ1) is 16.2. The lowest BCUT2D eigenvalue weighted by Gasteiger charge is -2.13. The highest BCUT2D eigenvalue weighted by Crippen LogP contribution is 2.30. The molecule has 24 heavy (non-hydrogen) atoms. The fraction of sp³-hybridized carbons (Fsp3) is 0.263. The van der Waals surface area contributed by atoms with Gasteiger partial charge in [0.05, 0.1) is 0 Å². The van der Waals surface area contributed by atoms with Crippen molar-refractivity contribution in [3.8, 4) is 0 Å². The summed E-state index contributed by atoms with van der Waals surface area (Å²) in [5.74, 6) is -0.0473. The second-order valence-electron chi connectivity index (χ2n) is 6.07. The van der Waals surface area contributed by atoms with Crippen molar-refractivity contribution >= 4 is 17.5 Å². The number of hydrogen-bond donors (Lipinski definition) is 3. The van der Waals surface area contributed by atoms with Gasteiger partial charge in [-0.05, 0) is 36.6 Å². The van der Waals surface area contributed by atoms with Gasteiger partial charge in [0.2, 0.25) is 5.91 Å². The van der Waals surface area contributed by atoms with Gasteiger partial charge in [0.25, 0.3) is 5.91 Å². The third-order valence-electron chi connectivity index (χ3n) is 4.05. The van der Waals surface area contributed by atoms with Crippen LogP contribution in [0.25, 0.3) is 0 Å². The van der Waals surface area contributed by atoms with Gasteiger partial charge in [-0.3, -0.25) is 9.59 Å². The van der Waals surface area contributed by atoms with E-state index in [2.05, 4.69) is 10.6 Å². The van der Waals surface area contributed by atoms with Gasteiger partial charge in [-0.15, -0.1) is 0 Å². The Balaban J connectivity index is 1.57. The SMILES string of the molecule is NC(CNC(=O)c1cccc(NC(=O)C2CC2)c1)c1ccccc1. The first-order valence-corrected chi connectivity index (χ1v) is 8.13. The zero-order valence-electron chi connectivity index (χ0n) is 13.4. The van der Waals surface area contributed by atoms with Crippen molar-refractivity contribution in [2.45, 2.75) is 18.9 Å². The lowest BCUT2D eigenvalue weighted by Crippen LogP contribution is -2.31. The monoisotopic (exact) mass is 323 g/mol. The first-order valence-electron chi connectivity index (χ1n) is 8.13. The van der Waals surface area contributed by atoms with Gasteiger partial charge in [0.1, 0.15) is 0 Å². The summed E-state index contributed by atoms with van der Waals surface area (Å²) in [5.41, 5.74) is 8.21. The molecule has 2 amide bonds. The molecule has 5 heteroatoms. The zero-order chi connectivity index (χ0) is 16.9. The van der Waals surface area contributed by atoms with Crippen LogP contribution in [-0.4, -0.2) is 18.4 Å². The van der Waals surface area contributed by atoms with Gasteiger partial charge in [-0.1, -0.05) is 36.4 Å². The van der Waals surface area contributed by atoms with E-state index in [0.717, 1.165) is 18.4 Å². The molecule has 0 radical (unpaired) electrons. The van der Waals surface area contributed by atoms with Crippen LogP contribution in [0.15, 0.2) is 54.6 Å². The van der Waals surface area contributed by atoms with E-state index in [1.165, 1.54) is 0 Å². The molecule has 0 aromatic heterocycles. The molecule has 124 valence electrons.